The van der Waals surface area contributed by atoms with Gasteiger partial charge in [0.2, 0.25) is 5.91 Å². The third kappa shape index (κ3) is 8.11. The molecular weight excluding hydrogens is 312 g/mol. The molecule has 124 valence electrons. The summed E-state index contributed by atoms with van der Waals surface area (Å²) in [6.45, 7) is 10.9. The van der Waals surface area contributed by atoms with Crippen molar-refractivity contribution in [2.75, 3.05) is 19.6 Å². The van der Waals surface area contributed by atoms with Crippen LogP contribution in [0.4, 0.5) is 0 Å². The van der Waals surface area contributed by atoms with Gasteiger partial charge < -0.3 is 5.32 Å². The van der Waals surface area contributed by atoms with Crippen LogP contribution in [-0.2, 0) is 11.3 Å². The van der Waals surface area contributed by atoms with Crippen LogP contribution in [0.1, 0.15) is 33.3 Å². The fourth-order valence-electron chi connectivity index (χ4n) is 2.15. The molecule has 0 radical (unpaired) electrons. The molecule has 0 heterocycles. The molecule has 0 saturated heterocycles. The Morgan fingerprint density at radius 2 is 1.73 bits per heavy atom. The molecule has 3 nitrogen and oxygen atoms in total. The minimum atomic E-state index is -0.646. The standard InChI is InChI=1S/C17H28N2OS2/c1-16(2,21)13-19(12-14-8-6-5-7-9-14)11-10-18-15(20)17(3,4)22/h5-9,21-22H,10-13H2,1-4H3,(H,18,20). The summed E-state index contributed by atoms with van der Waals surface area (Å²) >= 11 is 8.91. The second-order valence-electron chi connectivity index (χ2n) is 6.82. The fourth-order valence-corrected chi connectivity index (χ4v) is 2.43. The fraction of sp³-hybridized carbons (Fsp3) is 0.588. The predicted molar refractivity (Wildman–Crippen MR) is 101 cm³/mol. The van der Waals surface area contributed by atoms with Crippen LogP contribution in [0.25, 0.3) is 0 Å². The van der Waals surface area contributed by atoms with Crippen molar-refractivity contribution in [2.45, 2.75) is 43.7 Å². The van der Waals surface area contributed by atoms with E-state index in [4.69, 9.17) is 0 Å². The first-order chi connectivity index (χ1) is 10.1. The molecule has 0 aromatic heterocycles. The Morgan fingerprint density at radius 3 is 2.23 bits per heavy atom. The monoisotopic (exact) mass is 340 g/mol. The smallest absolute Gasteiger partial charge is 0.235 e. The van der Waals surface area contributed by atoms with Gasteiger partial charge in [-0.3, -0.25) is 9.69 Å². The third-order valence-corrected chi connectivity index (χ3v) is 3.47. The number of benzene rings is 1. The highest BCUT2D eigenvalue weighted by atomic mass is 32.1. The van der Waals surface area contributed by atoms with Crippen molar-refractivity contribution in [3.05, 3.63) is 35.9 Å². The molecule has 0 fully saturated rings. The molecule has 0 aliphatic heterocycles. The summed E-state index contributed by atoms with van der Waals surface area (Å²) in [6, 6.07) is 10.3. The first-order valence-electron chi connectivity index (χ1n) is 7.57. The Bertz CT molecular complexity index is 464. The molecule has 1 aromatic rings. The molecular formula is C17H28N2OS2. The highest BCUT2D eigenvalue weighted by Gasteiger charge is 2.22. The lowest BCUT2D eigenvalue weighted by atomic mass is 10.1. The van der Waals surface area contributed by atoms with Crippen LogP contribution in [-0.4, -0.2) is 39.9 Å². The van der Waals surface area contributed by atoms with Crippen molar-refractivity contribution in [2.24, 2.45) is 0 Å². The minimum Gasteiger partial charge on any atom is -0.354 e. The largest absolute Gasteiger partial charge is 0.354 e. The van der Waals surface area contributed by atoms with Gasteiger partial charge in [-0.25, -0.2) is 0 Å². The van der Waals surface area contributed by atoms with Crippen LogP contribution < -0.4 is 5.32 Å². The van der Waals surface area contributed by atoms with Crippen molar-refractivity contribution in [1.29, 1.82) is 0 Å². The van der Waals surface area contributed by atoms with E-state index < -0.39 is 4.75 Å². The van der Waals surface area contributed by atoms with Gasteiger partial charge in [0.25, 0.3) is 0 Å². The lowest BCUT2D eigenvalue weighted by molar-refractivity contribution is -0.122. The summed E-state index contributed by atoms with van der Waals surface area (Å²) in [4.78, 5) is 14.2. The average Bonchev–Trinajstić information content (AvgIpc) is 2.36. The number of nitrogens with zero attached hydrogens (tertiary/aromatic N) is 1. The lowest BCUT2D eigenvalue weighted by Crippen LogP contribution is -2.44. The maximum absolute atomic E-state index is 11.9. The van der Waals surface area contributed by atoms with Gasteiger partial charge in [-0.1, -0.05) is 30.3 Å². The van der Waals surface area contributed by atoms with Gasteiger partial charge in [0.15, 0.2) is 0 Å². The summed E-state index contributed by atoms with van der Waals surface area (Å²) in [5, 5.41) is 2.94. The lowest BCUT2D eigenvalue weighted by Gasteiger charge is -2.30. The first kappa shape index (κ1) is 19.4. The number of rotatable bonds is 8. The van der Waals surface area contributed by atoms with Gasteiger partial charge in [0.1, 0.15) is 0 Å². The van der Waals surface area contributed by atoms with E-state index in [0.717, 1.165) is 19.6 Å². The number of carbonyl (C=O) groups excluding carboxylic acids is 1. The number of carbonyl (C=O) groups is 1. The molecule has 0 spiro atoms. The minimum absolute atomic E-state index is 0.0411. The van der Waals surface area contributed by atoms with Crippen molar-refractivity contribution in [3.63, 3.8) is 0 Å². The highest BCUT2D eigenvalue weighted by Crippen LogP contribution is 2.16. The van der Waals surface area contributed by atoms with Gasteiger partial charge in [0.05, 0.1) is 4.75 Å². The van der Waals surface area contributed by atoms with Gasteiger partial charge in [-0.05, 0) is 33.3 Å². The second-order valence-corrected chi connectivity index (χ2v) is 9.15. The number of thiol groups is 2. The van der Waals surface area contributed by atoms with Gasteiger partial charge in [-0.15, -0.1) is 0 Å². The van der Waals surface area contributed by atoms with E-state index in [1.807, 2.05) is 18.2 Å². The Balaban J connectivity index is 2.57. The molecule has 1 rings (SSSR count). The second kappa shape index (κ2) is 8.27. The molecule has 1 amide bonds. The van der Waals surface area contributed by atoms with Crippen molar-refractivity contribution in [1.82, 2.24) is 10.2 Å². The molecule has 0 aliphatic carbocycles. The predicted octanol–water partition coefficient (Wildman–Crippen LogP) is 3.02. The molecule has 5 heteroatoms. The Morgan fingerprint density at radius 1 is 1.14 bits per heavy atom. The van der Waals surface area contributed by atoms with Gasteiger partial charge in [-0.2, -0.15) is 25.3 Å². The summed E-state index contributed by atoms with van der Waals surface area (Å²) in [5.74, 6) is -0.0411. The number of hydrogen-bond donors (Lipinski definition) is 3. The summed E-state index contributed by atoms with van der Waals surface area (Å²) < 4.78 is -0.727. The summed E-state index contributed by atoms with van der Waals surface area (Å²) in [6.07, 6.45) is 0. The van der Waals surface area contributed by atoms with E-state index >= 15 is 0 Å². The van der Waals surface area contributed by atoms with Crippen LogP contribution in [0.3, 0.4) is 0 Å². The van der Waals surface area contributed by atoms with Crippen LogP contribution >= 0.6 is 25.3 Å². The first-order valence-corrected chi connectivity index (χ1v) is 8.47. The van der Waals surface area contributed by atoms with Crippen molar-refractivity contribution < 1.29 is 4.79 Å². The van der Waals surface area contributed by atoms with E-state index in [9.17, 15) is 4.79 Å². The van der Waals surface area contributed by atoms with Crippen LogP contribution in [0.15, 0.2) is 30.3 Å². The molecule has 22 heavy (non-hydrogen) atoms. The molecule has 1 aromatic carbocycles. The van der Waals surface area contributed by atoms with Crippen molar-refractivity contribution in [3.8, 4) is 0 Å². The molecule has 0 bridgehead atoms. The van der Waals surface area contributed by atoms with Crippen LogP contribution in [0.2, 0.25) is 0 Å². The Labute approximate surface area is 145 Å². The van der Waals surface area contributed by atoms with E-state index in [0.29, 0.717) is 6.54 Å². The van der Waals surface area contributed by atoms with Crippen LogP contribution in [0.5, 0.6) is 0 Å². The number of hydrogen-bond acceptors (Lipinski definition) is 4. The maximum atomic E-state index is 11.9. The summed E-state index contributed by atoms with van der Waals surface area (Å²) in [5.41, 5.74) is 1.26. The number of nitrogens with one attached hydrogen (secondary N) is 1. The maximum Gasteiger partial charge on any atom is 0.235 e. The zero-order chi connectivity index (χ0) is 16.8. The SMILES string of the molecule is CC(C)(S)CN(CCNC(=O)C(C)(C)S)Cc1ccccc1. The van der Waals surface area contributed by atoms with Gasteiger partial charge >= 0.3 is 0 Å². The molecule has 0 unspecified atom stereocenters. The van der Waals surface area contributed by atoms with E-state index in [2.05, 4.69) is 61.5 Å². The zero-order valence-electron chi connectivity index (χ0n) is 14.0. The van der Waals surface area contributed by atoms with Gasteiger partial charge in [0, 0.05) is 30.9 Å². The van der Waals surface area contributed by atoms with Crippen molar-refractivity contribution >= 4 is 31.2 Å². The highest BCUT2D eigenvalue weighted by molar-refractivity contribution is 7.82. The topological polar surface area (TPSA) is 32.3 Å². The molecule has 0 saturated carbocycles. The third-order valence-electron chi connectivity index (χ3n) is 3.13. The average molecular weight is 341 g/mol. The Hall–Kier alpha value is -0.650. The number of amides is 1. The zero-order valence-corrected chi connectivity index (χ0v) is 15.8. The molecule has 1 N–H and O–H groups in total. The molecule has 0 aliphatic rings. The van der Waals surface area contributed by atoms with E-state index in [-0.39, 0.29) is 10.7 Å². The summed E-state index contributed by atoms with van der Waals surface area (Å²) in [7, 11) is 0. The van der Waals surface area contributed by atoms with E-state index in [1.165, 1.54) is 5.56 Å². The normalized spacial score (nSPS) is 12.5. The van der Waals surface area contributed by atoms with Crippen LogP contribution in [0, 0.1) is 0 Å². The Kier molecular flexibility index (Phi) is 7.29. The quantitative estimate of drug-likeness (QED) is 0.636. The van der Waals surface area contributed by atoms with E-state index in [1.54, 1.807) is 13.8 Å². The molecule has 0 atom stereocenters.